The van der Waals surface area contributed by atoms with Crippen LogP contribution in [0.1, 0.15) is 30.6 Å². The smallest absolute Gasteiger partial charge is 0.130 e. The molecule has 0 spiro atoms. The first-order chi connectivity index (χ1) is 8.81. The summed E-state index contributed by atoms with van der Waals surface area (Å²) in [5, 5.41) is 0. The quantitative estimate of drug-likeness (QED) is 0.876. The Balaban J connectivity index is 2.10. The van der Waals surface area contributed by atoms with Crippen LogP contribution in [0.25, 0.3) is 0 Å². The molecule has 0 aliphatic heterocycles. The zero-order valence-corrected chi connectivity index (χ0v) is 10.5. The van der Waals surface area contributed by atoms with E-state index in [9.17, 15) is 0 Å². The van der Waals surface area contributed by atoms with Crippen LogP contribution in [0.3, 0.4) is 0 Å². The van der Waals surface area contributed by atoms with Crippen LogP contribution >= 0.6 is 0 Å². The van der Waals surface area contributed by atoms with Crippen LogP contribution in [-0.4, -0.2) is 4.98 Å². The average Bonchev–Trinajstić information content (AvgIpc) is 2.45. The number of nitrogens with zero attached hydrogens (tertiary/aromatic N) is 1. The number of aromatic nitrogens is 1. The molecule has 2 aromatic rings. The van der Waals surface area contributed by atoms with Gasteiger partial charge in [0.2, 0.25) is 0 Å². The van der Waals surface area contributed by atoms with Crippen LogP contribution in [0, 0.1) is 0 Å². The Morgan fingerprint density at radius 3 is 2.67 bits per heavy atom. The van der Waals surface area contributed by atoms with E-state index in [4.69, 9.17) is 10.5 Å². The molecule has 2 N–H and O–H groups in total. The molecule has 0 saturated carbocycles. The topological polar surface area (TPSA) is 48.1 Å². The van der Waals surface area contributed by atoms with Crippen molar-refractivity contribution in [3.63, 3.8) is 0 Å². The lowest BCUT2D eigenvalue weighted by Gasteiger charge is -2.15. The molecule has 0 amide bonds. The fraction of sp³-hybridized carbons (Fsp3) is 0.267. The van der Waals surface area contributed by atoms with Crippen molar-refractivity contribution in [1.82, 2.24) is 4.98 Å². The minimum absolute atomic E-state index is 0.0185. The minimum Gasteiger partial charge on any atom is -0.487 e. The summed E-state index contributed by atoms with van der Waals surface area (Å²) >= 11 is 0. The maximum Gasteiger partial charge on any atom is 0.130 e. The summed E-state index contributed by atoms with van der Waals surface area (Å²) in [6, 6.07) is 13.7. The van der Waals surface area contributed by atoms with Crippen LogP contribution in [0.15, 0.2) is 48.7 Å². The van der Waals surface area contributed by atoms with E-state index in [1.807, 2.05) is 42.5 Å². The van der Waals surface area contributed by atoms with Gasteiger partial charge in [-0.05, 0) is 24.6 Å². The molecule has 3 heteroatoms. The first kappa shape index (κ1) is 12.6. The van der Waals surface area contributed by atoms with Crippen molar-refractivity contribution in [2.24, 2.45) is 5.73 Å². The second-order valence-corrected chi connectivity index (χ2v) is 4.16. The summed E-state index contributed by atoms with van der Waals surface area (Å²) in [5.41, 5.74) is 8.03. The number of ether oxygens (including phenoxy) is 1. The van der Waals surface area contributed by atoms with Crippen molar-refractivity contribution < 1.29 is 4.74 Å². The number of hydrogen-bond acceptors (Lipinski definition) is 3. The summed E-state index contributed by atoms with van der Waals surface area (Å²) in [5.74, 6) is 0.845. The van der Waals surface area contributed by atoms with Crippen molar-refractivity contribution >= 4 is 0 Å². The molecule has 0 saturated heterocycles. The van der Waals surface area contributed by atoms with Gasteiger partial charge in [-0.25, -0.2) is 0 Å². The number of rotatable bonds is 5. The molecular weight excluding hydrogens is 224 g/mol. The van der Waals surface area contributed by atoms with E-state index in [0.717, 1.165) is 23.4 Å². The molecule has 18 heavy (non-hydrogen) atoms. The van der Waals surface area contributed by atoms with E-state index < -0.39 is 0 Å². The van der Waals surface area contributed by atoms with E-state index in [1.165, 1.54) is 0 Å². The summed E-state index contributed by atoms with van der Waals surface area (Å²) in [7, 11) is 0. The predicted octanol–water partition coefficient (Wildman–Crippen LogP) is 3.07. The molecule has 0 radical (unpaired) electrons. The van der Waals surface area contributed by atoms with Gasteiger partial charge in [0.1, 0.15) is 12.4 Å². The molecule has 3 nitrogen and oxygen atoms in total. The largest absolute Gasteiger partial charge is 0.487 e. The van der Waals surface area contributed by atoms with E-state index >= 15 is 0 Å². The summed E-state index contributed by atoms with van der Waals surface area (Å²) in [4.78, 5) is 4.23. The lowest BCUT2D eigenvalue weighted by Crippen LogP contribution is -2.11. The molecule has 0 bridgehead atoms. The second-order valence-electron chi connectivity index (χ2n) is 4.16. The van der Waals surface area contributed by atoms with E-state index in [-0.39, 0.29) is 6.04 Å². The maximum atomic E-state index is 6.07. The van der Waals surface area contributed by atoms with Gasteiger partial charge in [0.25, 0.3) is 0 Å². The average molecular weight is 242 g/mol. The second kappa shape index (κ2) is 6.17. The Morgan fingerprint density at radius 2 is 1.94 bits per heavy atom. The van der Waals surface area contributed by atoms with Gasteiger partial charge in [-0.15, -0.1) is 0 Å². The number of hydrogen-bond donors (Lipinski definition) is 1. The molecule has 94 valence electrons. The van der Waals surface area contributed by atoms with Gasteiger partial charge in [0.05, 0.1) is 5.69 Å². The predicted molar refractivity (Wildman–Crippen MR) is 72.2 cm³/mol. The van der Waals surface area contributed by atoms with Gasteiger partial charge in [-0.3, -0.25) is 4.98 Å². The first-order valence-corrected chi connectivity index (χ1v) is 6.18. The molecule has 0 aliphatic carbocycles. The maximum absolute atomic E-state index is 6.07. The SMILES string of the molecule is CCC(N)c1ccccc1OCc1ccccn1. The lowest BCUT2D eigenvalue weighted by atomic mass is 10.0. The fourth-order valence-corrected chi connectivity index (χ4v) is 1.77. The monoisotopic (exact) mass is 242 g/mol. The van der Waals surface area contributed by atoms with Crippen LogP contribution in [0.5, 0.6) is 5.75 Å². The van der Waals surface area contributed by atoms with Crippen LogP contribution in [0.2, 0.25) is 0 Å². The summed E-state index contributed by atoms with van der Waals surface area (Å²) in [6.07, 6.45) is 2.66. The molecule has 1 heterocycles. The van der Waals surface area contributed by atoms with Crippen molar-refractivity contribution in [1.29, 1.82) is 0 Å². The number of benzene rings is 1. The van der Waals surface area contributed by atoms with E-state index in [1.54, 1.807) is 6.20 Å². The zero-order chi connectivity index (χ0) is 12.8. The third kappa shape index (κ3) is 3.08. The summed E-state index contributed by atoms with van der Waals surface area (Å²) < 4.78 is 5.80. The Hall–Kier alpha value is -1.87. The molecule has 2 rings (SSSR count). The van der Waals surface area contributed by atoms with Crippen molar-refractivity contribution in [3.05, 3.63) is 59.9 Å². The molecule has 0 aliphatic rings. The highest BCUT2D eigenvalue weighted by Crippen LogP contribution is 2.25. The van der Waals surface area contributed by atoms with E-state index in [0.29, 0.717) is 6.61 Å². The fourth-order valence-electron chi connectivity index (χ4n) is 1.77. The van der Waals surface area contributed by atoms with Gasteiger partial charge in [0, 0.05) is 17.8 Å². The molecule has 1 atom stereocenters. The van der Waals surface area contributed by atoms with Crippen molar-refractivity contribution in [2.45, 2.75) is 26.0 Å². The van der Waals surface area contributed by atoms with Crippen molar-refractivity contribution in [2.75, 3.05) is 0 Å². The molecule has 1 aromatic heterocycles. The van der Waals surface area contributed by atoms with Gasteiger partial charge >= 0.3 is 0 Å². The highest BCUT2D eigenvalue weighted by molar-refractivity contribution is 5.35. The van der Waals surface area contributed by atoms with E-state index in [2.05, 4.69) is 11.9 Å². The molecule has 0 fully saturated rings. The Kier molecular flexibility index (Phi) is 4.31. The molecule has 1 aromatic carbocycles. The van der Waals surface area contributed by atoms with Gasteiger partial charge < -0.3 is 10.5 Å². The highest BCUT2D eigenvalue weighted by Gasteiger charge is 2.09. The third-order valence-corrected chi connectivity index (χ3v) is 2.86. The first-order valence-electron chi connectivity index (χ1n) is 6.18. The number of pyridine rings is 1. The van der Waals surface area contributed by atoms with Crippen LogP contribution in [-0.2, 0) is 6.61 Å². The summed E-state index contributed by atoms with van der Waals surface area (Å²) in [6.45, 7) is 2.54. The minimum atomic E-state index is 0.0185. The zero-order valence-electron chi connectivity index (χ0n) is 10.5. The van der Waals surface area contributed by atoms with Crippen molar-refractivity contribution in [3.8, 4) is 5.75 Å². The number of para-hydroxylation sites is 1. The normalized spacial score (nSPS) is 12.1. The van der Waals surface area contributed by atoms with Crippen LogP contribution < -0.4 is 10.5 Å². The molecule has 1 unspecified atom stereocenters. The Bertz CT molecular complexity index is 485. The lowest BCUT2D eigenvalue weighted by molar-refractivity contribution is 0.296. The highest BCUT2D eigenvalue weighted by atomic mass is 16.5. The number of nitrogens with two attached hydrogens (primary N) is 1. The van der Waals surface area contributed by atoms with Gasteiger partial charge in [-0.1, -0.05) is 31.2 Å². The standard InChI is InChI=1S/C15H18N2O/c1-2-14(16)13-8-3-4-9-15(13)18-11-12-7-5-6-10-17-12/h3-10,14H,2,11,16H2,1H3. The van der Waals surface area contributed by atoms with Crippen LogP contribution in [0.4, 0.5) is 0 Å². The van der Waals surface area contributed by atoms with Gasteiger partial charge in [0.15, 0.2) is 0 Å². The third-order valence-electron chi connectivity index (χ3n) is 2.86. The Labute approximate surface area is 108 Å². The Morgan fingerprint density at radius 1 is 1.17 bits per heavy atom. The van der Waals surface area contributed by atoms with Gasteiger partial charge in [-0.2, -0.15) is 0 Å². The molecular formula is C15H18N2O.